The molecule has 0 atom stereocenters. The fraction of sp³-hybridized carbons (Fsp3) is 0.385. The Kier molecular flexibility index (Phi) is 6.76. The Hall–Kier alpha value is -3.72. The highest BCUT2D eigenvalue weighted by Crippen LogP contribution is 2.37. The van der Waals surface area contributed by atoms with E-state index in [1.54, 1.807) is 6.07 Å². The van der Waals surface area contributed by atoms with E-state index in [-0.39, 0.29) is 11.7 Å². The molecule has 0 saturated carbocycles. The number of rotatable bonds is 7. The van der Waals surface area contributed by atoms with Crippen molar-refractivity contribution in [1.29, 1.82) is 10.8 Å². The van der Waals surface area contributed by atoms with Crippen LogP contribution in [-0.2, 0) is 9.47 Å². The molecule has 0 unspecified atom stereocenters. The predicted octanol–water partition coefficient (Wildman–Crippen LogP) is 4.73. The molecule has 0 aliphatic carbocycles. The molecular formula is C26H29N3O6. The summed E-state index contributed by atoms with van der Waals surface area (Å²) in [5.74, 6) is 2.88. The van der Waals surface area contributed by atoms with Crippen molar-refractivity contribution in [2.75, 3.05) is 40.1 Å². The molecule has 2 aliphatic rings. The van der Waals surface area contributed by atoms with E-state index in [2.05, 4.69) is 21.8 Å². The van der Waals surface area contributed by atoms with E-state index < -0.39 is 6.08 Å². The van der Waals surface area contributed by atoms with Crippen LogP contribution in [0.15, 0.2) is 46.9 Å². The highest BCUT2D eigenvalue weighted by Gasteiger charge is 2.23. The van der Waals surface area contributed by atoms with Crippen LogP contribution >= 0.6 is 0 Å². The summed E-state index contributed by atoms with van der Waals surface area (Å²) in [5, 5.41) is 16.1. The zero-order valence-corrected chi connectivity index (χ0v) is 19.7. The van der Waals surface area contributed by atoms with Crippen molar-refractivity contribution in [3.05, 3.63) is 53.8 Å². The Labute approximate surface area is 203 Å². The van der Waals surface area contributed by atoms with Gasteiger partial charge in [0.05, 0.1) is 19.1 Å². The zero-order valence-electron chi connectivity index (χ0n) is 19.7. The van der Waals surface area contributed by atoms with Crippen LogP contribution in [0.2, 0.25) is 0 Å². The van der Waals surface area contributed by atoms with Crippen LogP contribution in [-0.4, -0.2) is 57.0 Å². The minimum Gasteiger partial charge on any atom is -0.493 e. The fourth-order valence-electron chi connectivity index (χ4n) is 4.58. The summed E-state index contributed by atoms with van der Waals surface area (Å²) >= 11 is 0. The topological polar surface area (TPSA) is 110 Å². The normalized spacial score (nSPS) is 15.8. The van der Waals surface area contributed by atoms with Crippen LogP contribution < -0.4 is 14.2 Å². The first-order chi connectivity index (χ1) is 17.1. The maximum absolute atomic E-state index is 7.95. The second-order valence-electron chi connectivity index (χ2n) is 8.63. The molecule has 1 saturated heterocycles. The third kappa shape index (κ3) is 5.19. The number of likely N-dealkylation sites (tertiary alicyclic amines) is 1. The molecular weight excluding hydrogens is 450 g/mol. The van der Waals surface area contributed by atoms with Crippen molar-refractivity contribution in [1.82, 2.24) is 4.90 Å². The van der Waals surface area contributed by atoms with Crippen molar-refractivity contribution in [2.45, 2.75) is 25.2 Å². The molecule has 0 radical (unpaired) electrons. The average Bonchev–Trinajstić information content (AvgIpc) is 3.54. The number of fused-ring (bicyclic) bond motifs is 2. The lowest BCUT2D eigenvalue weighted by molar-refractivity contribution is 0.173. The van der Waals surface area contributed by atoms with E-state index in [4.69, 9.17) is 34.2 Å². The first-order valence-corrected chi connectivity index (χ1v) is 11.8. The van der Waals surface area contributed by atoms with Crippen LogP contribution in [0.1, 0.15) is 36.5 Å². The van der Waals surface area contributed by atoms with Crippen molar-refractivity contribution < 1.29 is 28.1 Å². The van der Waals surface area contributed by atoms with Crippen LogP contribution in [0.3, 0.4) is 0 Å². The van der Waals surface area contributed by atoms with Gasteiger partial charge in [0.15, 0.2) is 17.3 Å². The lowest BCUT2D eigenvalue weighted by atomic mass is 9.89. The van der Waals surface area contributed by atoms with E-state index in [0.29, 0.717) is 30.7 Å². The third-order valence-electron chi connectivity index (χ3n) is 6.46. The molecule has 9 heteroatoms. The Morgan fingerprint density at radius 2 is 1.89 bits per heavy atom. The Bertz CT molecular complexity index is 1220. The summed E-state index contributed by atoms with van der Waals surface area (Å²) in [7, 11) is 1.31. The van der Waals surface area contributed by atoms with Crippen LogP contribution in [0.4, 0.5) is 0 Å². The smallest absolute Gasteiger partial charge is 0.387 e. The summed E-state index contributed by atoms with van der Waals surface area (Å²) in [6.45, 7) is 4.02. The van der Waals surface area contributed by atoms with Crippen LogP contribution in [0.5, 0.6) is 17.2 Å². The lowest BCUT2D eigenvalue weighted by Gasteiger charge is -2.32. The zero-order chi connectivity index (χ0) is 24.2. The summed E-state index contributed by atoms with van der Waals surface area (Å²) in [4.78, 5) is 2.49. The van der Waals surface area contributed by atoms with Crippen molar-refractivity contribution in [3.63, 3.8) is 0 Å². The predicted molar refractivity (Wildman–Crippen MR) is 130 cm³/mol. The number of piperidine rings is 1. The maximum atomic E-state index is 7.95. The number of nitrogens with zero attached hydrogens (tertiary/aromatic N) is 1. The summed E-state index contributed by atoms with van der Waals surface area (Å²) in [5.41, 5.74) is 1.93. The van der Waals surface area contributed by atoms with Crippen molar-refractivity contribution >= 4 is 23.0 Å². The monoisotopic (exact) mass is 479 g/mol. The first kappa shape index (κ1) is 23.0. The van der Waals surface area contributed by atoms with Gasteiger partial charge in [0, 0.05) is 12.6 Å². The number of ether oxygens (including phenoxy) is 5. The summed E-state index contributed by atoms with van der Waals surface area (Å²) in [6, 6.07) is 13.6. The van der Waals surface area contributed by atoms with Gasteiger partial charge in [-0.25, -0.2) is 5.41 Å². The molecule has 184 valence electrons. The van der Waals surface area contributed by atoms with E-state index in [0.717, 1.165) is 55.8 Å². The van der Waals surface area contributed by atoms with Gasteiger partial charge in [-0.1, -0.05) is 12.1 Å². The van der Waals surface area contributed by atoms with Crippen LogP contribution in [0, 0.1) is 10.8 Å². The Morgan fingerprint density at radius 3 is 2.71 bits per heavy atom. The van der Waals surface area contributed by atoms with Gasteiger partial charge >= 0.3 is 6.08 Å². The fourth-order valence-corrected chi connectivity index (χ4v) is 4.58. The molecule has 0 spiro atoms. The first-order valence-electron chi connectivity index (χ1n) is 11.8. The molecule has 3 aromatic rings. The molecule has 5 rings (SSSR count). The number of nitrogens with one attached hydrogen (secondary N) is 2. The SMILES string of the molecule is COC(=N)OC(=N)c1cc2c(OCCCN3CCC(c4ccc5c(c4)OCO5)CC3)cccc2o1. The number of hydrogen-bond donors (Lipinski definition) is 2. The molecule has 0 amide bonds. The van der Waals surface area contributed by atoms with Gasteiger partial charge in [0.25, 0.3) is 5.90 Å². The summed E-state index contributed by atoms with van der Waals surface area (Å²) in [6.07, 6.45) is 2.71. The largest absolute Gasteiger partial charge is 0.493 e. The lowest BCUT2D eigenvalue weighted by Crippen LogP contribution is -2.34. The van der Waals surface area contributed by atoms with Gasteiger partial charge in [-0.3, -0.25) is 5.41 Å². The molecule has 3 heterocycles. The van der Waals surface area contributed by atoms with Crippen molar-refractivity contribution in [2.24, 2.45) is 0 Å². The molecule has 9 nitrogen and oxygen atoms in total. The Balaban J connectivity index is 1.09. The molecule has 35 heavy (non-hydrogen) atoms. The highest BCUT2D eigenvalue weighted by molar-refractivity contribution is 5.99. The molecule has 2 aromatic carbocycles. The van der Waals surface area contributed by atoms with Gasteiger partial charge in [0.2, 0.25) is 6.79 Å². The second kappa shape index (κ2) is 10.3. The minimum atomic E-state index is -0.466. The third-order valence-corrected chi connectivity index (χ3v) is 6.46. The number of benzene rings is 2. The number of hydrogen-bond acceptors (Lipinski definition) is 9. The molecule has 2 N–H and O–H groups in total. The van der Waals surface area contributed by atoms with Gasteiger partial charge in [-0.15, -0.1) is 0 Å². The Morgan fingerprint density at radius 1 is 1.06 bits per heavy atom. The van der Waals surface area contributed by atoms with Crippen molar-refractivity contribution in [3.8, 4) is 17.2 Å². The van der Waals surface area contributed by atoms with Gasteiger partial charge < -0.3 is 33.0 Å². The quantitative estimate of drug-likeness (QED) is 0.286. The molecule has 2 aliphatic heterocycles. The number of methoxy groups -OCH3 is 1. The molecule has 1 aromatic heterocycles. The molecule has 0 bridgehead atoms. The minimum absolute atomic E-state index is 0.211. The van der Waals surface area contributed by atoms with E-state index in [1.165, 1.54) is 12.7 Å². The average molecular weight is 480 g/mol. The summed E-state index contributed by atoms with van der Waals surface area (Å²) < 4.78 is 32.3. The second-order valence-corrected chi connectivity index (χ2v) is 8.63. The van der Waals surface area contributed by atoms with E-state index >= 15 is 0 Å². The highest BCUT2D eigenvalue weighted by atomic mass is 16.7. The van der Waals surface area contributed by atoms with Crippen LogP contribution in [0.25, 0.3) is 11.0 Å². The molecule has 1 fully saturated rings. The van der Waals surface area contributed by atoms with Gasteiger partial charge in [-0.2, -0.15) is 0 Å². The standard InChI is InChI=1S/C26H29N3O6/c1-30-26(28)35-25(27)24-15-19-20(4-2-5-21(19)34-24)31-13-3-10-29-11-8-17(9-12-29)18-6-7-22-23(14-18)33-16-32-22/h2,4-7,14-15,17,27-28H,3,8-13,16H2,1H3. The maximum Gasteiger partial charge on any atom is 0.387 e. The number of furan rings is 1. The van der Waals surface area contributed by atoms with Gasteiger partial charge in [-0.05, 0) is 68.1 Å². The van der Waals surface area contributed by atoms with E-state index in [1.807, 2.05) is 24.3 Å². The van der Waals surface area contributed by atoms with E-state index in [9.17, 15) is 0 Å². The van der Waals surface area contributed by atoms with Gasteiger partial charge in [0.1, 0.15) is 11.3 Å².